The molecule has 3 atom stereocenters. The third-order valence-electron chi connectivity index (χ3n) is 2.97. The predicted molar refractivity (Wildman–Crippen MR) is 51.5 cm³/mol. The molecule has 0 bridgehead atoms. The first-order valence-corrected chi connectivity index (χ1v) is 5.30. The number of rotatable bonds is 4. The lowest BCUT2D eigenvalue weighted by molar-refractivity contribution is -0.125. The smallest absolute Gasteiger partial charge is 0.244 e. The summed E-state index contributed by atoms with van der Waals surface area (Å²) in [5.41, 5.74) is 0. The highest BCUT2D eigenvalue weighted by molar-refractivity contribution is 6.05. The molecule has 2 fully saturated rings. The van der Waals surface area contributed by atoms with Gasteiger partial charge in [-0.3, -0.25) is 14.9 Å². The Morgan fingerprint density at radius 1 is 1.50 bits per heavy atom. The largest absolute Gasteiger partial charge is 0.302 e. The number of hydrogen-bond donors (Lipinski definition) is 2. The molecule has 2 amide bonds. The minimum atomic E-state index is -0.269. The first kappa shape index (κ1) is 9.65. The van der Waals surface area contributed by atoms with Gasteiger partial charge in [0.25, 0.3) is 0 Å². The minimum absolute atomic E-state index is 0.153. The Bertz CT molecular complexity index is 265. The maximum absolute atomic E-state index is 11.2. The SMILES string of the molecule is CCCC1CC1NC1CC(=O)NC1=O. The van der Waals surface area contributed by atoms with Gasteiger partial charge in [-0.1, -0.05) is 13.3 Å². The number of amides is 2. The van der Waals surface area contributed by atoms with Gasteiger partial charge in [0.1, 0.15) is 0 Å². The Labute approximate surface area is 83.4 Å². The lowest BCUT2D eigenvalue weighted by Crippen LogP contribution is -2.38. The molecule has 4 nitrogen and oxygen atoms in total. The molecule has 0 spiro atoms. The van der Waals surface area contributed by atoms with E-state index in [0.717, 1.165) is 12.3 Å². The molecule has 0 aromatic carbocycles. The molecule has 2 aliphatic rings. The van der Waals surface area contributed by atoms with Crippen LogP contribution in [0.3, 0.4) is 0 Å². The number of hydrogen-bond acceptors (Lipinski definition) is 3. The van der Waals surface area contributed by atoms with Crippen molar-refractivity contribution in [1.29, 1.82) is 0 Å². The van der Waals surface area contributed by atoms with Crippen LogP contribution in [-0.2, 0) is 9.59 Å². The van der Waals surface area contributed by atoms with Crippen LogP contribution in [0.4, 0.5) is 0 Å². The van der Waals surface area contributed by atoms with Crippen molar-refractivity contribution in [2.24, 2.45) is 5.92 Å². The monoisotopic (exact) mass is 196 g/mol. The van der Waals surface area contributed by atoms with E-state index in [-0.39, 0.29) is 17.9 Å². The van der Waals surface area contributed by atoms with Gasteiger partial charge in [-0.2, -0.15) is 0 Å². The van der Waals surface area contributed by atoms with Crippen molar-refractivity contribution in [3.8, 4) is 0 Å². The fourth-order valence-corrected chi connectivity index (χ4v) is 2.09. The summed E-state index contributed by atoms with van der Waals surface area (Å²) in [7, 11) is 0. The highest BCUT2D eigenvalue weighted by Crippen LogP contribution is 2.35. The minimum Gasteiger partial charge on any atom is -0.302 e. The van der Waals surface area contributed by atoms with Crippen molar-refractivity contribution >= 4 is 11.8 Å². The molecule has 1 saturated heterocycles. The summed E-state index contributed by atoms with van der Waals surface area (Å²) in [6, 6.07) is 0.200. The van der Waals surface area contributed by atoms with E-state index >= 15 is 0 Å². The molecule has 0 radical (unpaired) electrons. The zero-order valence-electron chi connectivity index (χ0n) is 8.38. The van der Waals surface area contributed by atoms with E-state index in [4.69, 9.17) is 0 Å². The summed E-state index contributed by atoms with van der Waals surface area (Å²) in [5, 5.41) is 5.54. The van der Waals surface area contributed by atoms with Gasteiger partial charge in [0, 0.05) is 6.04 Å². The van der Waals surface area contributed by atoms with Crippen LogP contribution in [0.2, 0.25) is 0 Å². The van der Waals surface area contributed by atoms with Crippen LogP contribution in [0.5, 0.6) is 0 Å². The van der Waals surface area contributed by atoms with Crippen molar-refractivity contribution in [3.63, 3.8) is 0 Å². The average Bonchev–Trinajstić information content (AvgIpc) is 2.74. The van der Waals surface area contributed by atoms with Gasteiger partial charge >= 0.3 is 0 Å². The number of imide groups is 1. The summed E-state index contributed by atoms with van der Waals surface area (Å²) < 4.78 is 0. The van der Waals surface area contributed by atoms with Crippen molar-refractivity contribution in [2.45, 2.75) is 44.7 Å². The van der Waals surface area contributed by atoms with E-state index in [2.05, 4.69) is 17.6 Å². The van der Waals surface area contributed by atoms with Crippen LogP contribution in [0, 0.1) is 5.92 Å². The van der Waals surface area contributed by atoms with Gasteiger partial charge in [-0.15, -0.1) is 0 Å². The van der Waals surface area contributed by atoms with Crippen molar-refractivity contribution in [2.75, 3.05) is 0 Å². The van der Waals surface area contributed by atoms with Crippen LogP contribution < -0.4 is 10.6 Å². The third-order valence-corrected chi connectivity index (χ3v) is 2.97. The summed E-state index contributed by atoms with van der Waals surface area (Å²) in [5.74, 6) is 0.417. The van der Waals surface area contributed by atoms with Crippen LogP contribution >= 0.6 is 0 Å². The normalized spacial score (nSPS) is 35.9. The Hall–Kier alpha value is -0.900. The van der Waals surface area contributed by atoms with Gasteiger partial charge < -0.3 is 5.32 Å². The average molecular weight is 196 g/mol. The quantitative estimate of drug-likeness (QED) is 0.631. The molecule has 2 rings (SSSR count). The van der Waals surface area contributed by atoms with Crippen molar-refractivity contribution in [1.82, 2.24) is 10.6 Å². The fraction of sp³-hybridized carbons (Fsp3) is 0.800. The molecule has 3 unspecified atom stereocenters. The van der Waals surface area contributed by atoms with E-state index in [1.807, 2.05) is 0 Å². The van der Waals surface area contributed by atoms with E-state index in [9.17, 15) is 9.59 Å². The predicted octanol–water partition coefficient (Wildman–Crippen LogP) is 0.180. The van der Waals surface area contributed by atoms with Crippen LogP contribution in [-0.4, -0.2) is 23.9 Å². The first-order chi connectivity index (χ1) is 6.70. The topological polar surface area (TPSA) is 58.2 Å². The van der Waals surface area contributed by atoms with Crippen LogP contribution in [0.15, 0.2) is 0 Å². The van der Waals surface area contributed by atoms with Crippen molar-refractivity contribution < 1.29 is 9.59 Å². The Kier molecular flexibility index (Phi) is 2.54. The zero-order valence-corrected chi connectivity index (χ0v) is 8.38. The van der Waals surface area contributed by atoms with Gasteiger partial charge in [0.15, 0.2) is 0 Å². The molecule has 14 heavy (non-hydrogen) atoms. The third kappa shape index (κ3) is 1.95. The molecule has 1 aliphatic heterocycles. The summed E-state index contributed by atoms with van der Waals surface area (Å²) in [6.45, 7) is 2.17. The van der Waals surface area contributed by atoms with E-state index in [1.165, 1.54) is 12.8 Å². The maximum atomic E-state index is 11.2. The molecule has 1 heterocycles. The molecule has 0 aromatic rings. The fourth-order valence-electron chi connectivity index (χ4n) is 2.09. The number of nitrogens with one attached hydrogen (secondary N) is 2. The summed E-state index contributed by atoms with van der Waals surface area (Å²) in [4.78, 5) is 22.1. The number of carbonyl (C=O) groups is 2. The second-order valence-electron chi connectivity index (χ2n) is 4.23. The summed E-state index contributed by atoms with van der Waals surface area (Å²) in [6.07, 6.45) is 3.89. The van der Waals surface area contributed by atoms with E-state index < -0.39 is 0 Å². The maximum Gasteiger partial charge on any atom is 0.244 e. The Balaban J connectivity index is 1.77. The molecular weight excluding hydrogens is 180 g/mol. The van der Waals surface area contributed by atoms with Crippen molar-refractivity contribution in [3.05, 3.63) is 0 Å². The van der Waals surface area contributed by atoms with E-state index in [0.29, 0.717) is 12.5 Å². The Morgan fingerprint density at radius 3 is 2.86 bits per heavy atom. The molecule has 78 valence electrons. The highest BCUT2D eigenvalue weighted by Gasteiger charge is 2.41. The molecule has 2 N–H and O–H groups in total. The Morgan fingerprint density at radius 2 is 2.29 bits per heavy atom. The van der Waals surface area contributed by atoms with Crippen LogP contribution in [0.25, 0.3) is 0 Å². The second-order valence-corrected chi connectivity index (χ2v) is 4.23. The highest BCUT2D eigenvalue weighted by atomic mass is 16.2. The van der Waals surface area contributed by atoms with Gasteiger partial charge in [-0.25, -0.2) is 0 Å². The number of carbonyl (C=O) groups excluding carboxylic acids is 2. The standard InChI is InChI=1S/C10H16N2O2/c1-2-3-6-4-7(6)11-8-5-9(13)12-10(8)14/h6-8,11H,2-5H2,1H3,(H,12,13,14). The lowest BCUT2D eigenvalue weighted by atomic mass is 10.2. The zero-order chi connectivity index (χ0) is 10.1. The van der Waals surface area contributed by atoms with Gasteiger partial charge in [0.2, 0.25) is 11.8 Å². The van der Waals surface area contributed by atoms with E-state index in [1.54, 1.807) is 0 Å². The summed E-state index contributed by atoms with van der Waals surface area (Å²) >= 11 is 0. The molecule has 1 saturated carbocycles. The van der Waals surface area contributed by atoms with Gasteiger partial charge in [0.05, 0.1) is 12.5 Å². The second kappa shape index (κ2) is 3.69. The van der Waals surface area contributed by atoms with Crippen LogP contribution in [0.1, 0.15) is 32.6 Å². The molecule has 4 heteroatoms. The molecule has 0 aromatic heterocycles. The molecule has 1 aliphatic carbocycles. The lowest BCUT2D eigenvalue weighted by Gasteiger charge is -2.07. The van der Waals surface area contributed by atoms with Gasteiger partial charge in [-0.05, 0) is 18.8 Å². The molecular formula is C10H16N2O2. The first-order valence-electron chi connectivity index (χ1n) is 5.30.